The first-order valence-corrected chi connectivity index (χ1v) is 4.95. The summed E-state index contributed by atoms with van der Waals surface area (Å²) in [5.74, 6) is -2.23. The molecule has 0 saturated carbocycles. The lowest BCUT2D eigenvalue weighted by atomic mass is 10.2. The SMILES string of the molecule is NC(CC(=O)O)C(=O)OC(=O)Oc1ccccc1. The van der Waals surface area contributed by atoms with Gasteiger partial charge >= 0.3 is 18.1 Å². The molecule has 1 aromatic carbocycles. The van der Waals surface area contributed by atoms with Gasteiger partial charge in [0.1, 0.15) is 11.8 Å². The van der Waals surface area contributed by atoms with E-state index in [9.17, 15) is 14.4 Å². The van der Waals surface area contributed by atoms with E-state index in [2.05, 4.69) is 9.47 Å². The highest BCUT2D eigenvalue weighted by Gasteiger charge is 2.22. The number of carboxylic acid groups (broad SMARTS) is 1. The van der Waals surface area contributed by atoms with Crippen molar-refractivity contribution in [3.05, 3.63) is 30.3 Å². The molecular weight excluding hydrogens is 242 g/mol. The van der Waals surface area contributed by atoms with E-state index in [0.717, 1.165) is 0 Å². The minimum atomic E-state index is -1.41. The van der Waals surface area contributed by atoms with Crippen LogP contribution in [0.25, 0.3) is 0 Å². The molecule has 18 heavy (non-hydrogen) atoms. The molecule has 0 aliphatic carbocycles. The number of nitrogens with two attached hydrogens (primary N) is 1. The van der Waals surface area contributed by atoms with Gasteiger partial charge in [-0.25, -0.2) is 9.59 Å². The third-order valence-corrected chi connectivity index (χ3v) is 1.83. The minimum absolute atomic E-state index is 0.196. The van der Waals surface area contributed by atoms with Gasteiger partial charge < -0.3 is 20.3 Å². The van der Waals surface area contributed by atoms with Crippen molar-refractivity contribution in [2.75, 3.05) is 0 Å². The Labute approximate surface area is 102 Å². The summed E-state index contributed by atoms with van der Waals surface area (Å²) in [7, 11) is 0. The van der Waals surface area contributed by atoms with E-state index in [1.54, 1.807) is 18.2 Å². The molecule has 1 rings (SSSR count). The van der Waals surface area contributed by atoms with Crippen molar-refractivity contribution >= 4 is 18.1 Å². The molecule has 0 aliphatic heterocycles. The van der Waals surface area contributed by atoms with Crippen molar-refractivity contribution in [1.29, 1.82) is 0 Å². The summed E-state index contributed by atoms with van der Waals surface area (Å²) >= 11 is 0. The minimum Gasteiger partial charge on any atom is -0.481 e. The van der Waals surface area contributed by atoms with Gasteiger partial charge in [0.25, 0.3) is 0 Å². The summed E-state index contributed by atoms with van der Waals surface area (Å²) in [5.41, 5.74) is 5.20. The molecule has 0 aliphatic rings. The Morgan fingerprint density at radius 2 is 1.83 bits per heavy atom. The van der Waals surface area contributed by atoms with Crippen LogP contribution in [0.4, 0.5) is 4.79 Å². The summed E-state index contributed by atoms with van der Waals surface area (Å²) in [5, 5.41) is 8.40. The van der Waals surface area contributed by atoms with Crippen LogP contribution in [-0.4, -0.2) is 29.2 Å². The molecule has 0 spiro atoms. The molecule has 1 unspecified atom stereocenters. The maximum Gasteiger partial charge on any atom is 0.521 e. The Hall–Kier alpha value is -2.41. The molecule has 0 amide bonds. The number of para-hydroxylation sites is 1. The molecule has 1 aromatic rings. The largest absolute Gasteiger partial charge is 0.521 e. The fourth-order valence-electron chi connectivity index (χ4n) is 1.03. The van der Waals surface area contributed by atoms with E-state index in [1.807, 2.05) is 0 Å². The summed E-state index contributed by atoms with van der Waals surface area (Å²) in [6.07, 6.45) is -1.88. The maximum atomic E-state index is 11.2. The summed E-state index contributed by atoms with van der Waals surface area (Å²) in [4.78, 5) is 32.6. The van der Waals surface area contributed by atoms with Gasteiger partial charge in [-0.1, -0.05) is 18.2 Å². The van der Waals surface area contributed by atoms with E-state index in [1.165, 1.54) is 12.1 Å². The number of esters is 1. The van der Waals surface area contributed by atoms with Gasteiger partial charge in [0, 0.05) is 0 Å². The van der Waals surface area contributed by atoms with Crippen molar-refractivity contribution in [2.24, 2.45) is 5.73 Å². The first-order valence-electron chi connectivity index (χ1n) is 4.95. The second-order valence-electron chi connectivity index (χ2n) is 3.29. The van der Waals surface area contributed by atoms with Crippen LogP contribution < -0.4 is 10.5 Å². The van der Waals surface area contributed by atoms with Gasteiger partial charge in [0.05, 0.1) is 6.42 Å². The van der Waals surface area contributed by atoms with Crippen molar-refractivity contribution in [2.45, 2.75) is 12.5 Å². The van der Waals surface area contributed by atoms with E-state index >= 15 is 0 Å². The van der Waals surface area contributed by atoms with Gasteiger partial charge in [0.15, 0.2) is 0 Å². The van der Waals surface area contributed by atoms with Gasteiger partial charge in [-0.2, -0.15) is 0 Å². The highest BCUT2D eigenvalue weighted by molar-refractivity contribution is 5.88. The third-order valence-electron chi connectivity index (χ3n) is 1.83. The number of carboxylic acids is 1. The highest BCUT2D eigenvalue weighted by atomic mass is 16.7. The number of hydrogen-bond acceptors (Lipinski definition) is 6. The zero-order chi connectivity index (χ0) is 13.5. The van der Waals surface area contributed by atoms with Crippen LogP contribution in [0, 0.1) is 0 Å². The Balaban J connectivity index is 2.45. The molecule has 3 N–H and O–H groups in total. The molecule has 0 bridgehead atoms. The molecule has 0 aromatic heterocycles. The predicted molar refractivity (Wildman–Crippen MR) is 58.8 cm³/mol. The van der Waals surface area contributed by atoms with Crippen molar-refractivity contribution in [3.63, 3.8) is 0 Å². The molecular formula is C11H11NO6. The van der Waals surface area contributed by atoms with Crippen LogP contribution in [0.5, 0.6) is 5.75 Å². The van der Waals surface area contributed by atoms with Crippen molar-refractivity contribution in [1.82, 2.24) is 0 Å². The Morgan fingerprint density at radius 3 is 2.39 bits per heavy atom. The van der Waals surface area contributed by atoms with Crippen molar-refractivity contribution < 1.29 is 29.0 Å². The second-order valence-corrected chi connectivity index (χ2v) is 3.29. The molecule has 1 atom stereocenters. The molecule has 7 heteroatoms. The zero-order valence-electron chi connectivity index (χ0n) is 9.24. The van der Waals surface area contributed by atoms with Crippen molar-refractivity contribution in [3.8, 4) is 5.75 Å². The number of rotatable bonds is 4. The third kappa shape index (κ3) is 4.62. The van der Waals surface area contributed by atoms with Crippen LogP contribution in [0.15, 0.2) is 30.3 Å². The molecule has 0 radical (unpaired) electrons. The van der Waals surface area contributed by atoms with E-state index < -0.39 is 30.6 Å². The van der Waals surface area contributed by atoms with Crippen LogP contribution >= 0.6 is 0 Å². The lowest BCUT2D eigenvalue weighted by Crippen LogP contribution is -2.36. The average Bonchev–Trinajstić information content (AvgIpc) is 2.29. The smallest absolute Gasteiger partial charge is 0.481 e. The lowest BCUT2D eigenvalue weighted by molar-refractivity contribution is -0.146. The Morgan fingerprint density at radius 1 is 1.22 bits per heavy atom. The number of aliphatic carboxylic acids is 1. The predicted octanol–water partition coefficient (Wildman–Crippen LogP) is 0.531. The van der Waals surface area contributed by atoms with Crippen LogP contribution in [0.2, 0.25) is 0 Å². The van der Waals surface area contributed by atoms with E-state index in [-0.39, 0.29) is 5.75 Å². The first-order chi connectivity index (χ1) is 8.49. The monoisotopic (exact) mass is 253 g/mol. The first kappa shape index (κ1) is 13.7. The van der Waals surface area contributed by atoms with Gasteiger partial charge in [0.2, 0.25) is 0 Å². The van der Waals surface area contributed by atoms with E-state index in [0.29, 0.717) is 0 Å². The number of hydrogen-bond donors (Lipinski definition) is 2. The van der Waals surface area contributed by atoms with Crippen LogP contribution in [0.1, 0.15) is 6.42 Å². The summed E-state index contributed by atoms with van der Waals surface area (Å²) < 4.78 is 8.88. The molecule has 0 saturated heterocycles. The van der Waals surface area contributed by atoms with Gasteiger partial charge in [-0.3, -0.25) is 4.79 Å². The zero-order valence-corrected chi connectivity index (χ0v) is 9.24. The highest BCUT2D eigenvalue weighted by Crippen LogP contribution is 2.09. The normalized spacial score (nSPS) is 11.4. The number of carbonyl (C=O) groups excluding carboxylic acids is 2. The Bertz CT molecular complexity index is 444. The Kier molecular flexibility index (Phi) is 4.82. The van der Waals surface area contributed by atoms with Crippen LogP contribution in [0.3, 0.4) is 0 Å². The van der Waals surface area contributed by atoms with Gasteiger partial charge in [-0.05, 0) is 12.1 Å². The fraction of sp³-hybridized carbons (Fsp3) is 0.182. The number of ether oxygens (including phenoxy) is 2. The fourth-order valence-corrected chi connectivity index (χ4v) is 1.03. The lowest BCUT2D eigenvalue weighted by Gasteiger charge is -2.07. The van der Waals surface area contributed by atoms with Crippen LogP contribution in [-0.2, 0) is 14.3 Å². The summed E-state index contributed by atoms with van der Waals surface area (Å²) in [6.45, 7) is 0. The van der Waals surface area contributed by atoms with E-state index in [4.69, 9.17) is 10.8 Å². The quantitative estimate of drug-likeness (QED) is 0.456. The molecule has 0 fully saturated rings. The average molecular weight is 253 g/mol. The topological polar surface area (TPSA) is 116 Å². The number of benzene rings is 1. The molecule has 0 heterocycles. The molecule has 96 valence electrons. The second kappa shape index (κ2) is 6.36. The maximum absolute atomic E-state index is 11.2. The summed E-state index contributed by atoms with van der Waals surface area (Å²) in [6, 6.07) is 6.53. The van der Waals surface area contributed by atoms with Gasteiger partial charge in [-0.15, -0.1) is 0 Å². The molecule has 7 nitrogen and oxygen atoms in total. The standard InChI is InChI=1S/C11H11NO6/c12-8(6-9(13)14)10(15)18-11(16)17-7-4-2-1-3-5-7/h1-5,8H,6,12H2,(H,13,14). The number of carbonyl (C=O) groups is 3.